The van der Waals surface area contributed by atoms with E-state index in [9.17, 15) is 22.4 Å². The molecule has 3 aromatic carbocycles. The summed E-state index contributed by atoms with van der Waals surface area (Å²) in [6, 6.07) is 21.0. The van der Waals surface area contributed by atoms with E-state index in [2.05, 4.69) is 16.6 Å². The van der Waals surface area contributed by atoms with E-state index in [0.29, 0.717) is 18.4 Å². The van der Waals surface area contributed by atoms with Crippen molar-refractivity contribution >= 4 is 21.8 Å². The second-order valence-corrected chi connectivity index (χ2v) is 11.6. The van der Waals surface area contributed by atoms with Crippen molar-refractivity contribution in [3.63, 3.8) is 0 Å². The topological polar surface area (TPSA) is 95.6 Å². The minimum absolute atomic E-state index is 0.0156. The van der Waals surface area contributed by atoms with E-state index in [-0.39, 0.29) is 48.1 Å². The first kappa shape index (κ1) is 29.2. The predicted octanol–water partition coefficient (Wildman–Crippen LogP) is 4.14. The van der Waals surface area contributed by atoms with Crippen LogP contribution in [0.5, 0.6) is 0 Å². The maximum atomic E-state index is 13.7. The van der Waals surface area contributed by atoms with Gasteiger partial charge in [0.15, 0.2) is 0 Å². The third-order valence-corrected chi connectivity index (χ3v) is 8.25. The molecule has 1 atom stereocenters. The molecular formula is C31H34FN3O4S. The molecule has 0 aromatic heterocycles. The summed E-state index contributed by atoms with van der Waals surface area (Å²) in [5.74, 6) is -0.938. The molecule has 1 aliphatic rings. The highest BCUT2D eigenvalue weighted by atomic mass is 32.2. The quantitative estimate of drug-likeness (QED) is 0.288. The van der Waals surface area contributed by atoms with Crippen molar-refractivity contribution in [2.75, 3.05) is 6.54 Å². The Kier molecular flexibility index (Phi) is 9.84. The molecule has 1 saturated carbocycles. The molecule has 0 radical (unpaired) electrons. The maximum absolute atomic E-state index is 13.7. The summed E-state index contributed by atoms with van der Waals surface area (Å²) in [5.41, 5.74) is 2.40. The lowest BCUT2D eigenvalue weighted by atomic mass is 10.0. The number of benzene rings is 3. The van der Waals surface area contributed by atoms with E-state index in [1.54, 1.807) is 42.5 Å². The van der Waals surface area contributed by atoms with Gasteiger partial charge < -0.3 is 10.2 Å². The van der Waals surface area contributed by atoms with Gasteiger partial charge in [0.2, 0.25) is 21.8 Å². The molecule has 7 nitrogen and oxygen atoms in total. The normalized spacial score (nSPS) is 13.8. The molecule has 4 rings (SSSR count). The molecule has 0 bridgehead atoms. The number of sulfonamides is 1. The van der Waals surface area contributed by atoms with Gasteiger partial charge >= 0.3 is 0 Å². The molecule has 0 saturated heterocycles. The van der Waals surface area contributed by atoms with Gasteiger partial charge in [0, 0.05) is 32.0 Å². The highest BCUT2D eigenvalue weighted by Gasteiger charge is 2.30. The van der Waals surface area contributed by atoms with Gasteiger partial charge in [-0.05, 0) is 60.2 Å². The first-order valence-corrected chi connectivity index (χ1v) is 14.8. The van der Waals surface area contributed by atoms with Crippen molar-refractivity contribution < 1.29 is 22.4 Å². The van der Waals surface area contributed by atoms with Crippen molar-refractivity contribution in [1.29, 1.82) is 0 Å². The molecule has 40 heavy (non-hydrogen) atoms. The molecule has 3 aromatic rings. The third kappa shape index (κ3) is 8.34. The first-order valence-electron chi connectivity index (χ1n) is 13.3. The van der Waals surface area contributed by atoms with Gasteiger partial charge in [-0.25, -0.2) is 17.5 Å². The van der Waals surface area contributed by atoms with Crippen LogP contribution in [0.1, 0.15) is 36.0 Å². The van der Waals surface area contributed by atoms with Crippen LogP contribution < -0.4 is 10.0 Å². The Morgan fingerprint density at radius 3 is 2.23 bits per heavy atom. The molecule has 1 aliphatic carbocycles. The molecule has 0 spiro atoms. The minimum Gasteiger partial charge on any atom is -0.351 e. The number of hydrogen-bond acceptors (Lipinski definition) is 4. The van der Waals surface area contributed by atoms with Crippen molar-refractivity contribution in [1.82, 2.24) is 14.9 Å². The Morgan fingerprint density at radius 1 is 0.950 bits per heavy atom. The van der Waals surface area contributed by atoms with Gasteiger partial charge in [-0.2, -0.15) is 0 Å². The lowest BCUT2D eigenvalue weighted by molar-refractivity contribution is -0.141. The lowest BCUT2D eigenvalue weighted by Crippen LogP contribution is -2.50. The number of carbonyl (C=O) groups is 2. The van der Waals surface area contributed by atoms with Gasteiger partial charge in [-0.3, -0.25) is 9.59 Å². The zero-order valence-corrected chi connectivity index (χ0v) is 23.1. The maximum Gasteiger partial charge on any atom is 0.243 e. The van der Waals surface area contributed by atoms with Crippen LogP contribution in [0.15, 0.2) is 96.4 Å². The number of amides is 2. The van der Waals surface area contributed by atoms with Crippen molar-refractivity contribution in [2.24, 2.45) is 0 Å². The van der Waals surface area contributed by atoms with Crippen molar-refractivity contribution in [3.8, 4) is 0 Å². The molecule has 1 fully saturated rings. The summed E-state index contributed by atoms with van der Waals surface area (Å²) in [6.45, 7) is 4.05. The molecule has 9 heteroatoms. The zero-order valence-electron chi connectivity index (χ0n) is 22.3. The largest absolute Gasteiger partial charge is 0.351 e. The highest BCUT2D eigenvalue weighted by molar-refractivity contribution is 7.89. The van der Waals surface area contributed by atoms with Crippen LogP contribution >= 0.6 is 0 Å². The summed E-state index contributed by atoms with van der Waals surface area (Å²) in [6.07, 6.45) is 4.05. The van der Waals surface area contributed by atoms with E-state index < -0.39 is 16.1 Å². The standard InChI is InChI=1S/C31H34FN3O4S/c1-2-20-33-31(37)29(21-24-6-4-3-5-7-24)35(22-25-8-13-26(32)14-9-25)30(36)19-12-23-10-17-28(18-11-23)40(38,39)34-27-15-16-27/h2-11,13-14,17-18,27,29,34H,1,12,15-16,19-22H2,(H,33,37). The monoisotopic (exact) mass is 563 g/mol. The third-order valence-electron chi connectivity index (χ3n) is 6.72. The second-order valence-electron chi connectivity index (χ2n) is 9.93. The summed E-state index contributed by atoms with van der Waals surface area (Å²) < 4.78 is 41.2. The molecule has 0 aliphatic heterocycles. The fraction of sp³-hybridized carbons (Fsp3) is 0.290. The molecular weight excluding hydrogens is 529 g/mol. The van der Waals surface area contributed by atoms with Gasteiger partial charge in [0.25, 0.3) is 0 Å². The smallest absolute Gasteiger partial charge is 0.243 e. The summed E-state index contributed by atoms with van der Waals surface area (Å²) in [5, 5.41) is 2.82. The Balaban J connectivity index is 1.53. The highest BCUT2D eigenvalue weighted by Crippen LogP contribution is 2.23. The second kappa shape index (κ2) is 13.5. The number of nitrogens with one attached hydrogen (secondary N) is 2. The van der Waals surface area contributed by atoms with Crippen LogP contribution in [-0.2, 0) is 39.0 Å². The Bertz CT molecular complexity index is 1410. The zero-order chi connectivity index (χ0) is 28.5. The SMILES string of the molecule is C=CCNC(=O)C(Cc1ccccc1)N(Cc1ccc(F)cc1)C(=O)CCc1ccc(S(=O)(=O)NC2CC2)cc1. The lowest BCUT2D eigenvalue weighted by Gasteiger charge is -2.31. The predicted molar refractivity (Wildman–Crippen MR) is 152 cm³/mol. The van der Waals surface area contributed by atoms with E-state index in [0.717, 1.165) is 24.0 Å². The van der Waals surface area contributed by atoms with Crippen LogP contribution in [-0.4, -0.2) is 43.8 Å². The van der Waals surface area contributed by atoms with Crippen LogP contribution in [0.2, 0.25) is 0 Å². The molecule has 210 valence electrons. The molecule has 1 unspecified atom stereocenters. The fourth-order valence-electron chi connectivity index (χ4n) is 4.35. The number of rotatable bonds is 14. The van der Waals surface area contributed by atoms with Crippen molar-refractivity contribution in [3.05, 3.63) is 114 Å². The molecule has 0 heterocycles. The fourth-order valence-corrected chi connectivity index (χ4v) is 5.65. The Morgan fingerprint density at radius 2 is 1.60 bits per heavy atom. The van der Waals surface area contributed by atoms with E-state index in [1.807, 2.05) is 30.3 Å². The average molecular weight is 564 g/mol. The average Bonchev–Trinajstić information content (AvgIpc) is 3.77. The van der Waals surface area contributed by atoms with Gasteiger partial charge in [0.05, 0.1) is 4.90 Å². The number of nitrogens with zero attached hydrogens (tertiary/aromatic N) is 1. The number of aryl methyl sites for hydroxylation is 1. The van der Waals surface area contributed by atoms with E-state index >= 15 is 0 Å². The van der Waals surface area contributed by atoms with Gasteiger partial charge in [-0.15, -0.1) is 6.58 Å². The number of carbonyl (C=O) groups excluding carboxylic acids is 2. The van der Waals surface area contributed by atoms with Gasteiger partial charge in [-0.1, -0.05) is 60.7 Å². The minimum atomic E-state index is -3.56. The van der Waals surface area contributed by atoms with Crippen LogP contribution in [0.4, 0.5) is 4.39 Å². The van der Waals surface area contributed by atoms with Gasteiger partial charge in [0.1, 0.15) is 11.9 Å². The van der Waals surface area contributed by atoms with Crippen LogP contribution in [0, 0.1) is 5.82 Å². The Hall–Kier alpha value is -3.82. The Labute approximate surface area is 235 Å². The number of halogens is 1. The first-order chi connectivity index (χ1) is 19.2. The molecule has 2 amide bonds. The summed E-state index contributed by atoms with van der Waals surface area (Å²) >= 11 is 0. The van der Waals surface area contributed by atoms with E-state index in [1.165, 1.54) is 17.0 Å². The summed E-state index contributed by atoms with van der Waals surface area (Å²) in [4.78, 5) is 28.7. The van der Waals surface area contributed by atoms with Crippen LogP contribution in [0.25, 0.3) is 0 Å². The van der Waals surface area contributed by atoms with E-state index in [4.69, 9.17) is 0 Å². The number of hydrogen-bond donors (Lipinski definition) is 2. The van der Waals surface area contributed by atoms with Crippen molar-refractivity contribution in [2.45, 2.75) is 55.6 Å². The van der Waals surface area contributed by atoms with Crippen LogP contribution in [0.3, 0.4) is 0 Å². The molecule has 2 N–H and O–H groups in total. The summed E-state index contributed by atoms with van der Waals surface area (Å²) in [7, 11) is -3.56.